The molecule has 5 rings (SSSR count). The summed E-state index contributed by atoms with van der Waals surface area (Å²) in [6, 6.07) is 21.5. The number of nitrogens with zero attached hydrogens (tertiary/aromatic N) is 2. The Labute approximate surface area is 200 Å². The van der Waals surface area contributed by atoms with Crippen molar-refractivity contribution in [1.82, 2.24) is 9.97 Å². The molecule has 1 amide bonds. The Morgan fingerprint density at radius 1 is 0.970 bits per heavy atom. The Balaban J connectivity index is 1.54. The minimum absolute atomic E-state index is 0.177. The van der Waals surface area contributed by atoms with Crippen LogP contribution < -0.4 is 5.32 Å². The van der Waals surface area contributed by atoms with Gasteiger partial charge >= 0.3 is 0 Å². The fraction of sp³-hybridized carbons (Fsp3) is 0.0741. The number of benzene rings is 2. The summed E-state index contributed by atoms with van der Waals surface area (Å²) < 4.78 is 1.12. The van der Waals surface area contributed by atoms with Crippen LogP contribution in [-0.4, -0.2) is 15.9 Å². The molecule has 0 radical (unpaired) electrons. The molecule has 2 aromatic heterocycles. The molecular formula is C27H23N3OS2. The van der Waals surface area contributed by atoms with Gasteiger partial charge in [0.2, 0.25) is 0 Å². The Morgan fingerprint density at radius 3 is 2.58 bits per heavy atom. The van der Waals surface area contributed by atoms with Crippen LogP contribution >= 0.6 is 22.2 Å². The van der Waals surface area contributed by atoms with Gasteiger partial charge in [0.05, 0.1) is 10.6 Å². The number of anilines is 1. The molecule has 0 bridgehead atoms. The second-order valence-corrected chi connectivity index (χ2v) is 11.0. The SMILES string of the molecule is CC1=C[SH](c2nc(-c3cccc(C)c3)c(-c3ccnc(NC(=O)c4ccccc4)c3)s2)C=C1. The zero-order valence-corrected chi connectivity index (χ0v) is 20.0. The molecule has 0 spiro atoms. The maximum absolute atomic E-state index is 12.6. The monoisotopic (exact) mass is 469 g/mol. The van der Waals surface area contributed by atoms with Crippen molar-refractivity contribution in [1.29, 1.82) is 0 Å². The second kappa shape index (κ2) is 9.17. The van der Waals surface area contributed by atoms with Crippen LogP contribution in [0.25, 0.3) is 21.7 Å². The summed E-state index contributed by atoms with van der Waals surface area (Å²) in [5.41, 5.74) is 6.14. The average molecular weight is 470 g/mol. The summed E-state index contributed by atoms with van der Waals surface area (Å²) in [7, 11) is -0.536. The first-order valence-corrected chi connectivity index (χ1v) is 12.9. The number of aryl methyl sites for hydroxylation is 1. The van der Waals surface area contributed by atoms with E-state index < -0.39 is 10.9 Å². The highest BCUT2D eigenvalue weighted by Gasteiger charge is 2.19. The first-order valence-electron chi connectivity index (χ1n) is 10.6. The highest BCUT2D eigenvalue weighted by atomic mass is 32.2. The van der Waals surface area contributed by atoms with Crippen molar-refractivity contribution in [3.8, 4) is 21.7 Å². The maximum Gasteiger partial charge on any atom is 0.256 e. The van der Waals surface area contributed by atoms with E-state index in [4.69, 9.17) is 4.98 Å². The second-order valence-electron chi connectivity index (χ2n) is 7.89. The molecule has 1 unspecified atom stereocenters. The fourth-order valence-electron chi connectivity index (χ4n) is 3.64. The van der Waals surface area contributed by atoms with Crippen LogP contribution in [0.3, 0.4) is 0 Å². The lowest BCUT2D eigenvalue weighted by atomic mass is 10.1. The van der Waals surface area contributed by atoms with Crippen LogP contribution in [-0.2, 0) is 0 Å². The quantitative estimate of drug-likeness (QED) is 0.303. The van der Waals surface area contributed by atoms with Gasteiger partial charge in [-0.2, -0.15) is 10.9 Å². The third kappa shape index (κ3) is 4.67. The zero-order valence-electron chi connectivity index (χ0n) is 18.3. The Bertz CT molecular complexity index is 1390. The van der Waals surface area contributed by atoms with Crippen molar-refractivity contribution < 1.29 is 4.79 Å². The molecule has 0 saturated carbocycles. The summed E-state index contributed by atoms with van der Waals surface area (Å²) in [6.45, 7) is 4.22. The predicted octanol–water partition coefficient (Wildman–Crippen LogP) is 7.22. The van der Waals surface area contributed by atoms with E-state index in [-0.39, 0.29) is 5.91 Å². The van der Waals surface area contributed by atoms with E-state index in [0.717, 1.165) is 26.0 Å². The van der Waals surface area contributed by atoms with Crippen molar-refractivity contribution in [2.75, 3.05) is 5.32 Å². The van der Waals surface area contributed by atoms with E-state index in [2.05, 4.69) is 65.3 Å². The number of nitrogens with one attached hydrogen (secondary N) is 1. The number of thiazole rings is 1. The number of allylic oxidation sites excluding steroid dienone is 2. The molecule has 0 saturated heterocycles. The highest BCUT2D eigenvalue weighted by molar-refractivity contribution is 8.23. The first-order chi connectivity index (χ1) is 16.1. The Morgan fingerprint density at radius 2 is 1.82 bits per heavy atom. The topological polar surface area (TPSA) is 54.9 Å². The van der Waals surface area contributed by atoms with E-state index in [0.29, 0.717) is 11.4 Å². The molecule has 33 heavy (non-hydrogen) atoms. The van der Waals surface area contributed by atoms with E-state index in [1.807, 2.05) is 30.3 Å². The number of amides is 1. The molecule has 1 aliphatic heterocycles. The van der Waals surface area contributed by atoms with Gasteiger partial charge < -0.3 is 5.32 Å². The molecule has 0 aliphatic carbocycles. The van der Waals surface area contributed by atoms with Crippen LogP contribution in [0.5, 0.6) is 0 Å². The molecule has 4 nitrogen and oxygen atoms in total. The third-order valence-corrected chi connectivity index (χ3v) is 8.78. The average Bonchev–Trinajstić information content (AvgIpc) is 3.46. The lowest BCUT2D eigenvalue weighted by Gasteiger charge is -2.07. The van der Waals surface area contributed by atoms with Crippen molar-refractivity contribution in [3.63, 3.8) is 0 Å². The van der Waals surface area contributed by atoms with Crippen LogP contribution in [0.15, 0.2) is 99.7 Å². The van der Waals surface area contributed by atoms with Crippen LogP contribution in [0.1, 0.15) is 22.8 Å². The zero-order chi connectivity index (χ0) is 22.8. The predicted molar refractivity (Wildman–Crippen MR) is 140 cm³/mol. The van der Waals surface area contributed by atoms with Crippen LogP contribution in [0, 0.1) is 6.92 Å². The molecule has 6 heteroatoms. The number of pyridine rings is 1. The highest BCUT2D eigenvalue weighted by Crippen LogP contribution is 2.50. The van der Waals surface area contributed by atoms with E-state index in [1.165, 1.54) is 11.1 Å². The van der Waals surface area contributed by atoms with Crippen molar-refractivity contribution in [2.24, 2.45) is 0 Å². The van der Waals surface area contributed by atoms with Gasteiger partial charge in [0, 0.05) is 17.3 Å². The molecule has 1 aliphatic rings. The summed E-state index contributed by atoms with van der Waals surface area (Å²) in [5, 5.41) is 7.48. The van der Waals surface area contributed by atoms with Gasteiger partial charge in [-0.15, -0.1) is 11.3 Å². The molecule has 1 N–H and O–H groups in total. The number of hydrogen-bond donors (Lipinski definition) is 2. The van der Waals surface area contributed by atoms with E-state index in [9.17, 15) is 4.79 Å². The molecule has 4 aromatic rings. The standard InChI is InChI=1S/C27H23N3OS2/c1-18-7-6-10-21(15-18)24-25(32-27(30-24)33-14-12-19(2)17-33)22-11-13-28-23(16-22)29-26(31)20-8-4-3-5-9-20/h3-17,33H,1-2H3,(H,28,29,31). The fourth-order valence-corrected chi connectivity index (χ4v) is 6.96. The smallest absolute Gasteiger partial charge is 0.256 e. The lowest BCUT2D eigenvalue weighted by Crippen LogP contribution is -2.12. The number of carbonyl (C=O) groups excluding carboxylic acids is 1. The molecule has 0 fully saturated rings. The van der Waals surface area contributed by atoms with E-state index >= 15 is 0 Å². The minimum atomic E-state index is -0.536. The van der Waals surface area contributed by atoms with Gasteiger partial charge in [0.15, 0.2) is 0 Å². The largest absolute Gasteiger partial charge is 0.307 e. The number of carbonyl (C=O) groups is 1. The summed E-state index contributed by atoms with van der Waals surface area (Å²) in [6.07, 6.45) is 3.91. The summed E-state index contributed by atoms with van der Waals surface area (Å²) in [5.74, 6) is 0.345. The van der Waals surface area contributed by atoms with Gasteiger partial charge in [-0.3, -0.25) is 4.79 Å². The number of hydrogen-bond acceptors (Lipinski definition) is 4. The van der Waals surface area contributed by atoms with Gasteiger partial charge in [-0.05, 0) is 66.1 Å². The van der Waals surface area contributed by atoms with E-state index in [1.54, 1.807) is 29.7 Å². The Hall–Kier alpha value is -3.48. The van der Waals surface area contributed by atoms with Crippen LogP contribution in [0.4, 0.5) is 5.82 Å². The minimum Gasteiger partial charge on any atom is -0.307 e. The van der Waals surface area contributed by atoms with Crippen molar-refractivity contribution >= 4 is 34.0 Å². The number of aromatic nitrogens is 2. The van der Waals surface area contributed by atoms with Gasteiger partial charge in [0.1, 0.15) is 10.2 Å². The maximum atomic E-state index is 12.6. The third-order valence-electron chi connectivity index (χ3n) is 5.27. The lowest BCUT2D eigenvalue weighted by molar-refractivity contribution is 0.102. The normalized spacial score (nSPS) is 15.9. The molecule has 1 atom stereocenters. The van der Waals surface area contributed by atoms with Gasteiger partial charge in [0.25, 0.3) is 5.91 Å². The van der Waals surface area contributed by atoms with Crippen LogP contribution in [0.2, 0.25) is 0 Å². The molecular weight excluding hydrogens is 446 g/mol. The summed E-state index contributed by atoms with van der Waals surface area (Å²) >= 11 is 1.72. The number of thiol groups is 1. The van der Waals surface area contributed by atoms with Crippen molar-refractivity contribution in [2.45, 2.75) is 18.2 Å². The molecule has 3 heterocycles. The van der Waals surface area contributed by atoms with Crippen molar-refractivity contribution in [3.05, 3.63) is 107 Å². The molecule has 2 aromatic carbocycles. The first kappa shape index (κ1) is 21.4. The number of rotatable bonds is 5. The summed E-state index contributed by atoms with van der Waals surface area (Å²) in [4.78, 5) is 23.2. The molecule has 164 valence electrons. The Kier molecular flexibility index (Phi) is 5.94. The van der Waals surface area contributed by atoms with Gasteiger partial charge in [-0.1, -0.05) is 48.0 Å². The van der Waals surface area contributed by atoms with Gasteiger partial charge in [-0.25, -0.2) is 9.97 Å².